The summed E-state index contributed by atoms with van der Waals surface area (Å²) in [7, 11) is 0. The van der Waals surface area contributed by atoms with Gasteiger partial charge in [0.2, 0.25) is 0 Å². The van der Waals surface area contributed by atoms with Crippen molar-refractivity contribution in [3.05, 3.63) is 0 Å². The summed E-state index contributed by atoms with van der Waals surface area (Å²) >= 11 is 0. The molecular formula is C27H49NO18. The molecule has 4 aliphatic rings. The van der Waals surface area contributed by atoms with Crippen LogP contribution in [0.1, 0.15) is 25.7 Å². The highest BCUT2D eigenvalue weighted by molar-refractivity contribution is 4.96. The molecule has 4 rings (SSSR count). The average molecular weight is 676 g/mol. The maximum atomic E-state index is 10.6. The minimum absolute atomic E-state index is 0.173. The van der Waals surface area contributed by atoms with E-state index < -0.39 is 131 Å². The minimum atomic E-state index is -1.73. The fourth-order valence-corrected chi connectivity index (χ4v) is 5.73. The van der Waals surface area contributed by atoms with Crippen molar-refractivity contribution in [1.82, 2.24) is 0 Å². The van der Waals surface area contributed by atoms with Gasteiger partial charge in [0.1, 0.15) is 79.4 Å². The molecule has 19 nitrogen and oxygen atoms in total. The van der Waals surface area contributed by atoms with Gasteiger partial charge in [-0.2, -0.15) is 0 Å². The van der Waals surface area contributed by atoms with Crippen LogP contribution in [0.25, 0.3) is 0 Å². The van der Waals surface area contributed by atoms with E-state index >= 15 is 0 Å². The third-order valence-electron chi connectivity index (χ3n) is 8.50. The monoisotopic (exact) mass is 675 g/mol. The Morgan fingerprint density at radius 3 is 1.46 bits per heavy atom. The number of unbranched alkanes of at least 4 members (excludes halogenated alkanes) is 3. The molecule has 0 aromatic carbocycles. The quantitative estimate of drug-likeness (QED) is 0.0639. The molecule has 270 valence electrons. The van der Waals surface area contributed by atoms with Crippen LogP contribution in [0, 0.1) is 0 Å². The Morgan fingerprint density at radius 2 is 0.913 bits per heavy atom. The van der Waals surface area contributed by atoms with Gasteiger partial charge in [0.25, 0.3) is 0 Å². The van der Waals surface area contributed by atoms with E-state index in [0.29, 0.717) is 13.0 Å². The van der Waals surface area contributed by atoms with Gasteiger partial charge in [0.05, 0.1) is 26.4 Å². The van der Waals surface area contributed by atoms with E-state index in [0.717, 1.165) is 19.3 Å². The highest BCUT2D eigenvalue weighted by atomic mass is 16.8. The van der Waals surface area contributed by atoms with Gasteiger partial charge in [-0.15, -0.1) is 0 Å². The van der Waals surface area contributed by atoms with Crippen molar-refractivity contribution in [3.8, 4) is 0 Å². The Morgan fingerprint density at radius 1 is 0.457 bits per heavy atom. The van der Waals surface area contributed by atoms with Crippen LogP contribution in [-0.4, -0.2) is 195 Å². The number of nitrogens with two attached hydrogens (primary N) is 1. The topological polar surface area (TPSA) is 302 Å². The third-order valence-corrected chi connectivity index (χ3v) is 8.50. The molecule has 19 heteroatoms. The average Bonchev–Trinajstić information content (AvgIpc) is 3.63. The van der Waals surface area contributed by atoms with Crippen molar-refractivity contribution in [1.29, 1.82) is 0 Å². The van der Waals surface area contributed by atoms with Crippen LogP contribution in [0.5, 0.6) is 0 Å². The first-order chi connectivity index (χ1) is 22.1. The molecule has 17 atom stereocenters. The number of aliphatic hydroxyl groups excluding tert-OH is 10. The molecule has 0 aromatic heterocycles. The lowest BCUT2D eigenvalue weighted by molar-refractivity contribution is -0.308. The summed E-state index contributed by atoms with van der Waals surface area (Å²) in [6.45, 7) is -1.70. The Kier molecular flexibility index (Phi) is 14.7. The lowest BCUT2D eigenvalue weighted by atomic mass is 9.99. The van der Waals surface area contributed by atoms with Crippen molar-refractivity contribution in [3.63, 3.8) is 0 Å². The van der Waals surface area contributed by atoms with E-state index in [1.807, 2.05) is 0 Å². The third kappa shape index (κ3) is 8.69. The van der Waals surface area contributed by atoms with Crippen molar-refractivity contribution in [2.75, 3.05) is 39.6 Å². The molecule has 0 amide bonds. The summed E-state index contributed by atoms with van der Waals surface area (Å²) in [5.74, 6) is 0. The number of hydrogen-bond donors (Lipinski definition) is 11. The predicted octanol–water partition coefficient (Wildman–Crippen LogP) is -6.29. The maximum absolute atomic E-state index is 10.6. The summed E-state index contributed by atoms with van der Waals surface area (Å²) in [5, 5.41) is 101. The standard InChI is InChI=1S/C27H49NO18/c28-5-3-1-2-4-6-39-27-23(46-26-20(37)17(34)13(9-31)43-26)22(45-25-19(36)16(33)12(8-30)42-25)14(44-27)10-40-24-21(38)18(35)15(32)11(7-29)41-24/h11-27,29-38H,1-10,28H2/t11-,12-,13-,14-,15-,16-,17-,18+,19+,20+,21+,22-,23+,24+,25-,26-,27+/m1/s1. The molecule has 4 heterocycles. The van der Waals surface area contributed by atoms with Gasteiger partial charge in [-0.05, 0) is 19.4 Å². The van der Waals surface area contributed by atoms with E-state index in [1.165, 1.54) is 0 Å². The molecule has 4 aliphatic heterocycles. The molecule has 0 aliphatic carbocycles. The van der Waals surface area contributed by atoms with Crippen LogP contribution in [0.4, 0.5) is 0 Å². The van der Waals surface area contributed by atoms with Gasteiger partial charge in [-0.25, -0.2) is 0 Å². The Hall–Kier alpha value is -0.760. The lowest BCUT2D eigenvalue weighted by Crippen LogP contribution is -2.59. The van der Waals surface area contributed by atoms with E-state index in [2.05, 4.69) is 0 Å². The Balaban J connectivity index is 1.55. The smallest absolute Gasteiger partial charge is 0.187 e. The maximum Gasteiger partial charge on any atom is 0.187 e. The van der Waals surface area contributed by atoms with Crippen molar-refractivity contribution in [2.24, 2.45) is 5.73 Å². The molecule has 12 N–H and O–H groups in total. The molecule has 46 heavy (non-hydrogen) atoms. The van der Waals surface area contributed by atoms with Crippen molar-refractivity contribution < 1.29 is 89.0 Å². The molecule has 0 aromatic rings. The zero-order valence-corrected chi connectivity index (χ0v) is 25.2. The van der Waals surface area contributed by atoms with Crippen LogP contribution < -0.4 is 5.73 Å². The Bertz CT molecular complexity index is 892. The molecule has 0 saturated carbocycles. The van der Waals surface area contributed by atoms with E-state index in [-0.39, 0.29) is 6.61 Å². The van der Waals surface area contributed by atoms with Gasteiger partial charge >= 0.3 is 0 Å². The highest BCUT2D eigenvalue weighted by Crippen LogP contribution is 2.36. The fourth-order valence-electron chi connectivity index (χ4n) is 5.73. The zero-order valence-electron chi connectivity index (χ0n) is 25.2. The Labute approximate surface area is 264 Å². The summed E-state index contributed by atoms with van der Waals surface area (Å²) in [6.07, 6.45) is -21.4. The van der Waals surface area contributed by atoms with E-state index in [4.69, 9.17) is 43.6 Å². The van der Waals surface area contributed by atoms with Gasteiger partial charge in [0, 0.05) is 6.61 Å². The SMILES string of the molecule is NCCCCCCO[C@H]1O[C@H](CO[C@H]2O[C@H](CO)[C@@H](O)[C@H](O)[C@@H]2O)[C@@H](O[C@H]2O[C@H](CO)[C@@H](O)[C@@H]2O)[C@@H]1O[C@H]1O[C@H](CO)[C@@H](O)[C@@H]1O. The first-order valence-corrected chi connectivity index (χ1v) is 15.5. The number of hydrogen-bond acceptors (Lipinski definition) is 19. The molecule has 4 fully saturated rings. The zero-order chi connectivity index (χ0) is 33.5. The summed E-state index contributed by atoms with van der Waals surface area (Å²) in [5.41, 5.74) is 5.55. The van der Waals surface area contributed by atoms with Crippen LogP contribution in [0.15, 0.2) is 0 Å². The second-order valence-corrected chi connectivity index (χ2v) is 11.8. The van der Waals surface area contributed by atoms with Gasteiger partial charge in [0.15, 0.2) is 25.2 Å². The summed E-state index contributed by atoms with van der Waals surface area (Å²) in [6, 6.07) is 0. The molecule has 0 bridgehead atoms. The van der Waals surface area contributed by atoms with Crippen molar-refractivity contribution >= 4 is 0 Å². The summed E-state index contributed by atoms with van der Waals surface area (Å²) < 4.78 is 46.2. The molecule has 0 unspecified atom stereocenters. The first-order valence-electron chi connectivity index (χ1n) is 15.5. The molecular weight excluding hydrogens is 626 g/mol. The molecule has 0 radical (unpaired) electrons. The van der Waals surface area contributed by atoms with Gasteiger partial charge in [-0.1, -0.05) is 12.8 Å². The normalized spacial score (nSPS) is 46.4. The van der Waals surface area contributed by atoms with Crippen LogP contribution in [0.3, 0.4) is 0 Å². The number of ether oxygens (including phenoxy) is 8. The summed E-state index contributed by atoms with van der Waals surface area (Å²) in [4.78, 5) is 0. The first kappa shape index (κ1) is 38.0. The minimum Gasteiger partial charge on any atom is -0.394 e. The highest BCUT2D eigenvalue weighted by Gasteiger charge is 2.55. The van der Waals surface area contributed by atoms with E-state index in [9.17, 15) is 51.1 Å². The number of aliphatic hydroxyl groups is 10. The fraction of sp³-hybridized carbons (Fsp3) is 1.00. The number of rotatable bonds is 17. The second-order valence-electron chi connectivity index (χ2n) is 11.8. The van der Waals surface area contributed by atoms with Gasteiger partial charge < -0.3 is 94.7 Å². The second kappa shape index (κ2) is 17.8. The molecule has 0 spiro atoms. The largest absolute Gasteiger partial charge is 0.394 e. The van der Waals surface area contributed by atoms with Gasteiger partial charge in [-0.3, -0.25) is 0 Å². The van der Waals surface area contributed by atoms with Crippen LogP contribution in [0.2, 0.25) is 0 Å². The lowest BCUT2D eigenvalue weighted by Gasteiger charge is -2.40. The van der Waals surface area contributed by atoms with E-state index in [1.54, 1.807) is 0 Å². The van der Waals surface area contributed by atoms with Crippen molar-refractivity contribution in [2.45, 2.75) is 130 Å². The van der Waals surface area contributed by atoms with Crippen LogP contribution >= 0.6 is 0 Å². The predicted molar refractivity (Wildman–Crippen MR) is 147 cm³/mol. The molecule has 4 saturated heterocycles. The van der Waals surface area contributed by atoms with Crippen LogP contribution in [-0.2, 0) is 37.9 Å².